The zero-order chi connectivity index (χ0) is 28.5. The van der Waals surface area contributed by atoms with Crippen LogP contribution in [0.4, 0.5) is 23.3 Å². The van der Waals surface area contributed by atoms with Gasteiger partial charge in [0.2, 0.25) is 11.9 Å². The van der Waals surface area contributed by atoms with Gasteiger partial charge in [0, 0.05) is 67.5 Å². The van der Waals surface area contributed by atoms with Crippen LogP contribution in [0.1, 0.15) is 17.7 Å². The van der Waals surface area contributed by atoms with Crippen molar-refractivity contribution in [1.82, 2.24) is 34.6 Å². The molecule has 5 heterocycles. The number of nitrogens with one attached hydrogen (secondary N) is 3. The van der Waals surface area contributed by atoms with E-state index in [0.717, 1.165) is 46.4 Å². The summed E-state index contributed by atoms with van der Waals surface area (Å²) in [6.45, 7) is 5.67. The van der Waals surface area contributed by atoms with Crippen LogP contribution in [0.3, 0.4) is 0 Å². The molecule has 1 atom stereocenters. The van der Waals surface area contributed by atoms with E-state index in [0.29, 0.717) is 35.6 Å². The molecule has 0 bridgehead atoms. The average molecular weight is 553 g/mol. The van der Waals surface area contributed by atoms with Crippen LogP contribution >= 0.6 is 0 Å². The molecule has 1 amide bonds. The molecule has 0 aliphatic carbocycles. The molecule has 6 rings (SSSR count). The number of H-pyrrole nitrogens is 1. The minimum Gasteiger partial charge on any atom is -0.489 e. The molecule has 1 aliphatic heterocycles. The number of aromatic nitrogens is 6. The van der Waals surface area contributed by atoms with Crippen LogP contribution in [0.15, 0.2) is 55.0 Å². The lowest BCUT2D eigenvalue weighted by molar-refractivity contribution is -0.117. The van der Waals surface area contributed by atoms with Crippen molar-refractivity contribution in [2.45, 2.75) is 26.4 Å². The SMILES string of the molecule is Cc1cnc(Nc2cc(C)n(C)n2)nc1-c1c[nH]c2c(NC(=O)CN3CC[C@H](Oc4ccnc(N)c4)C3)cccc12. The van der Waals surface area contributed by atoms with E-state index in [9.17, 15) is 4.79 Å². The highest BCUT2D eigenvalue weighted by Crippen LogP contribution is 2.33. The summed E-state index contributed by atoms with van der Waals surface area (Å²) in [5, 5.41) is 11.7. The van der Waals surface area contributed by atoms with E-state index in [4.69, 9.17) is 15.5 Å². The van der Waals surface area contributed by atoms with Gasteiger partial charge in [-0.25, -0.2) is 15.0 Å². The monoisotopic (exact) mass is 552 g/mol. The largest absolute Gasteiger partial charge is 0.489 e. The van der Waals surface area contributed by atoms with E-state index in [1.165, 1.54) is 0 Å². The average Bonchev–Trinajstić information content (AvgIpc) is 3.64. The molecule has 1 aromatic carbocycles. The molecule has 5 aromatic rings. The van der Waals surface area contributed by atoms with Crippen LogP contribution in [0.2, 0.25) is 0 Å². The van der Waals surface area contributed by atoms with Crippen molar-refractivity contribution in [1.29, 1.82) is 0 Å². The van der Waals surface area contributed by atoms with E-state index >= 15 is 0 Å². The predicted octanol–water partition coefficient (Wildman–Crippen LogP) is 3.79. The molecule has 12 heteroatoms. The lowest BCUT2D eigenvalue weighted by atomic mass is 10.1. The Kier molecular flexibility index (Phi) is 6.98. The highest BCUT2D eigenvalue weighted by Gasteiger charge is 2.26. The molecule has 210 valence electrons. The molecule has 0 radical (unpaired) electrons. The second-order valence-electron chi connectivity index (χ2n) is 10.3. The van der Waals surface area contributed by atoms with E-state index < -0.39 is 0 Å². The van der Waals surface area contributed by atoms with Gasteiger partial charge in [0.1, 0.15) is 17.7 Å². The molecule has 5 N–H and O–H groups in total. The molecule has 1 aliphatic rings. The van der Waals surface area contributed by atoms with Crippen molar-refractivity contribution in [2.75, 3.05) is 36.0 Å². The first-order valence-electron chi connectivity index (χ1n) is 13.4. The summed E-state index contributed by atoms with van der Waals surface area (Å²) in [6.07, 6.45) is 6.17. The molecule has 4 aromatic heterocycles. The number of nitrogens with two attached hydrogens (primary N) is 1. The second-order valence-corrected chi connectivity index (χ2v) is 10.3. The van der Waals surface area contributed by atoms with E-state index in [1.54, 1.807) is 29.2 Å². The maximum atomic E-state index is 13.0. The number of fused-ring (bicyclic) bond motifs is 1. The van der Waals surface area contributed by atoms with Crippen molar-refractivity contribution in [2.24, 2.45) is 7.05 Å². The van der Waals surface area contributed by atoms with Gasteiger partial charge in [-0.3, -0.25) is 14.4 Å². The Labute approximate surface area is 237 Å². The molecule has 1 saturated heterocycles. The fourth-order valence-electron chi connectivity index (χ4n) is 5.09. The number of aryl methyl sites for hydroxylation is 3. The van der Waals surface area contributed by atoms with Gasteiger partial charge in [0.25, 0.3) is 0 Å². The number of benzene rings is 1. The van der Waals surface area contributed by atoms with Crippen LogP contribution in [-0.4, -0.2) is 66.3 Å². The summed E-state index contributed by atoms with van der Waals surface area (Å²) >= 11 is 0. The number of ether oxygens (including phenoxy) is 1. The Hall–Kier alpha value is -4.97. The van der Waals surface area contributed by atoms with Gasteiger partial charge in [0.15, 0.2) is 5.82 Å². The lowest BCUT2D eigenvalue weighted by Crippen LogP contribution is -2.33. The number of nitrogen functional groups attached to an aromatic ring is 1. The Morgan fingerprint density at radius 2 is 2.10 bits per heavy atom. The van der Waals surface area contributed by atoms with Crippen molar-refractivity contribution >= 4 is 40.1 Å². The van der Waals surface area contributed by atoms with Gasteiger partial charge in [-0.1, -0.05) is 12.1 Å². The van der Waals surface area contributed by atoms with Crippen molar-refractivity contribution in [3.8, 4) is 17.0 Å². The Balaban J connectivity index is 1.14. The zero-order valence-electron chi connectivity index (χ0n) is 23.2. The topological polar surface area (TPSA) is 152 Å². The van der Waals surface area contributed by atoms with Gasteiger partial charge in [-0.05, 0) is 38.0 Å². The third-order valence-electron chi connectivity index (χ3n) is 7.22. The number of hydrogen-bond donors (Lipinski definition) is 4. The summed E-state index contributed by atoms with van der Waals surface area (Å²) in [6, 6.07) is 11.3. The smallest absolute Gasteiger partial charge is 0.238 e. The molecular formula is C29H32N10O2. The third-order valence-corrected chi connectivity index (χ3v) is 7.22. The van der Waals surface area contributed by atoms with Gasteiger partial charge in [-0.2, -0.15) is 5.10 Å². The highest BCUT2D eigenvalue weighted by molar-refractivity contribution is 6.06. The number of carbonyl (C=O) groups is 1. The molecule has 41 heavy (non-hydrogen) atoms. The standard InChI is InChI=1S/C29H32N10O2/c1-17-13-33-29(35-25-11-18(2)38(3)37-25)36-27(17)22-14-32-28-21(22)5-4-6-23(28)34-26(40)16-39-10-8-20(15-39)41-19-7-9-31-24(30)12-19/h4-7,9,11-14,20,32H,8,10,15-16H2,1-3H3,(H2,30,31)(H,34,40)(H,33,35,36,37)/t20-/m0/s1. The lowest BCUT2D eigenvalue weighted by Gasteiger charge is -2.17. The van der Waals surface area contributed by atoms with E-state index in [2.05, 4.69) is 35.6 Å². The van der Waals surface area contributed by atoms with Crippen LogP contribution in [0.25, 0.3) is 22.2 Å². The second kappa shape index (κ2) is 10.9. The minimum absolute atomic E-state index is 0.00354. The molecule has 1 fully saturated rings. The Bertz CT molecular complexity index is 1710. The predicted molar refractivity (Wildman–Crippen MR) is 158 cm³/mol. The number of rotatable bonds is 8. The summed E-state index contributed by atoms with van der Waals surface area (Å²) in [5.74, 6) is 2.17. The number of para-hydroxylation sites is 1. The first kappa shape index (κ1) is 26.3. The molecular weight excluding hydrogens is 520 g/mol. The number of pyridine rings is 1. The number of aromatic amines is 1. The van der Waals surface area contributed by atoms with Gasteiger partial charge < -0.3 is 26.1 Å². The maximum absolute atomic E-state index is 13.0. The van der Waals surface area contributed by atoms with Gasteiger partial charge in [-0.15, -0.1) is 0 Å². The quantitative estimate of drug-likeness (QED) is 0.225. The first-order valence-corrected chi connectivity index (χ1v) is 13.4. The fraction of sp³-hybridized carbons (Fsp3) is 0.276. The number of carbonyl (C=O) groups excluding carboxylic acids is 1. The molecule has 0 unspecified atom stereocenters. The van der Waals surface area contributed by atoms with Gasteiger partial charge in [0.05, 0.1) is 23.4 Å². The minimum atomic E-state index is -0.0854. The summed E-state index contributed by atoms with van der Waals surface area (Å²) < 4.78 is 7.82. The number of hydrogen-bond acceptors (Lipinski definition) is 9. The maximum Gasteiger partial charge on any atom is 0.238 e. The molecule has 0 spiro atoms. The first-order chi connectivity index (χ1) is 19.8. The van der Waals surface area contributed by atoms with Gasteiger partial charge >= 0.3 is 0 Å². The Morgan fingerprint density at radius 3 is 2.90 bits per heavy atom. The summed E-state index contributed by atoms with van der Waals surface area (Å²) in [4.78, 5) is 31.7. The van der Waals surface area contributed by atoms with E-state index in [-0.39, 0.29) is 18.6 Å². The van der Waals surface area contributed by atoms with Crippen LogP contribution in [0.5, 0.6) is 5.75 Å². The normalized spacial score (nSPS) is 15.3. The summed E-state index contributed by atoms with van der Waals surface area (Å²) in [5.41, 5.74) is 11.0. The van der Waals surface area contributed by atoms with Crippen molar-refractivity contribution in [3.63, 3.8) is 0 Å². The molecule has 12 nitrogen and oxygen atoms in total. The number of likely N-dealkylation sites (tertiary alicyclic amines) is 1. The van der Waals surface area contributed by atoms with Crippen molar-refractivity contribution in [3.05, 3.63) is 66.2 Å². The number of nitrogens with zero attached hydrogens (tertiary/aromatic N) is 6. The van der Waals surface area contributed by atoms with Crippen LogP contribution in [-0.2, 0) is 11.8 Å². The third kappa shape index (κ3) is 5.68. The van der Waals surface area contributed by atoms with Crippen molar-refractivity contribution < 1.29 is 9.53 Å². The Morgan fingerprint density at radius 1 is 1.22 bits per heavy atom. The summed E-state index contributed by atoms with van der Waals surface area (Å²) in [7, 11) is 1.89. The fourth-order valence-corrected chi connectivity index (χ4v) is 5.09. The van der Waals surface area contributed by atoms with Crippen LogP contribution in [0, 0.1) is 13.8 Å². The number of amides is 1. The molecule has 0 saturated carbocycles. The van der Waals surface area contributed by atoms with Crippen LogP contribution < -0.4 is 21.1 Å². The zero-order valence-corrected chi connectivity index (χ0v) is 23.2. The highest BCUT2D eigenvalue weighted by atomic mass is 16.5. The van der Waals surface area contributed by atoms with E-state index in [1.807, 2.05) is 51.4 Å². The number of anilines is 4.